The lowest BCUT2D eigenvalue weighted by atomic mass is 9.95. The quantitative estimate of drug-likeness (QED) is 0.797. The predicted octanol–water partition coefficient (Wildman–Crippen LogP) is 3.24. The zero-order valence-electron chi connectivity index (χ0n) is 11.2. The van der Waals surface area contributed by atoms with E-state index in [-0.39, 0.29) is 17.6 Å². The number of carboxylic acid groups (broad SMARTS) is 1. The SMILES string of the molecule is CSC1CCCC(NC(=O)Nc2sccc2C(=O)O)C1. The largest absolute Gasteiger partial charge is 0.478 e. The molecule has 0 bridgehead atoms. The molecule has 0 aliphatic heterocycles. The van der Waals surface area contributed by atoms with Crippen molar-refractivity contribution in [1.82, 2.24) is 5.32 Å². The number of thiophene rings is 1. The molecule has 0 radical (unpaired) electrons. The Labute approximate surface area is 126 Å². The number of amides is 2. The van der Waals surface area contributed by atoms with Crippen LogP contribution in [0.15, 0.2) is 11.4 Å². The molecular weight excluding hydrogens is 296 g/mol. The fraction of sp³-hybridized carbons (Fsp3) is 0.538. The third kappa shape index (κ3) is 3.89. The van der Waals surface area contributed by atoms with E-state index >= 15 is 0 Å². The molecule has 1 saturated carbocycles. The van der Waals surface area contributed by atoms with Gasteiger partial charge in [-0.25, -0.2) is 9.59 Å². The van der Waals surface area contributed by atoms with Gasteiger partial charge in [-0.05, 0) is 37.0 Å². The first-order valence-electron chi connectivity index (χ1n) is 6.51. The van der Waals surface area contributed by atoms with Crippen LogP contribution >= 0.6 is 23.1 Å². The van der Waals surface area contributed by atoms with Crippen molar-refractivity contribution in [3.05, 3.63) is 17.0 Å². The molecule has 5 nitrogen and oxygen atoms in total. The van der Waals surface area contributed by atoms with E-state index in [4.69, 9.17) is 5.11 Å². The smallest absolute Gasteiger partial charge is 0.338 e. The lowest BCUT2D eigenvalue weighted by Crippen LogP contribution is -2.41. The summed E-state index contributed by atoms with van der Waals surface area (Å²) in [5, 5.41) is 17.2. The summed E-state index contributed by atoms with van der Waals surface area (Å²) in [6.45, 7) is 0. The van der Waals surface area contributed by atoms with Gasteiger partial charge in [-0.2, -0.15) is 11.8 Å². The maximum atomic E-state index is 11.9. The maximum absolute atomic E-state index is 11.9. The van der Waals surface area contributed by atoms with E-state index in [1.807, 2.05) is 11.8 Å². The maximum Gasteiger partial charge on any atom is 0.338 e. The minimum Gasteiger partial charge on any atom is -0.478 e. The molecule has 110 valence electrons. The van der Waals surface area contributed by atoms with E-state index in [9.17, 15) is 9.59 Å². The predicted molar refractivity (Wildman–Crippen MR) is 83.0 cm³/mol. The number of urea groups is 1. The van der Waals surface area contributed by atoms with Crippen molar-refractivity contribution in [3.63, 3.8) is 0 Å². The van der Waals surface area contributed by atoms with Gasteiger partial charge in [0.05, 0.1) is 5.56 Å². The van der Waals surface area contributed by atoms with Crippen molar-refractivity contribution < 1.29 is 14.7 Å². The van der Waals surface area contributed by atoms with Crippen LogP contribution < -0.4 is 10.6 Å². The molecule has 1 fully saturated rings. The number of carboxylic acids is 1. The van der Waals surface area contributed by atoms with Crippen LogP contribution in [0.3, 0.4) is 0 Å². The number of carbonyl (C=O) groups is 2. The molecular formula is C13H18N2O3S2. The van der Waals surface area contributed by atoms with Gasteiger partial charge in [-0.1, -0.05) is 6.42 Å². The van der Waals surface area contributed by atoms with Crippen molar-refractivity contribution in [2.45, 2.75) is 37.0 Å². The van der Waals surface area contributed by atoms with Crippen LogP contribution in [-0.4, -0.2) is 34.7 Å². The zero-order chi connectivity index (χ0) is 14.5. The molecule has 2 atom stereocenters. The molecule has 1 aromatic heterocycles. The minimum atomic E-state index is -1.03. The highest BCUT2D eigenvalue weighted by molar-refractivity contribution is 7.99. The summed E-state index contributed by atoms with van der Waals surface area (Å²) in [6.07, 6.45) is 6.38. The number of carbonyl (C=O) groups excluding carboxylic acids is 1. The first-order valence-corrected chi connectivity index (χ1v) is 8.68. The molecule has 20 heavy (non-hydrogen) atoms. The fourth-order valence-corrected chi connectivity index (χ4v) is 3.99. The first-order chi connectivity index (χ1) is 9.60. The van der Waals surface area contributed by atoms with Gasteiger partial charge in [0.2, 0.25) is 0 Å². The molecule has 7 heteroatoms. The lowest BCUT2D eigenvalue weighted by Gasteiger charge is -2.28. The number of hydrogen-bond donors (Lipinski definition) is 3. The standard InChI is InChI=1S/C13H18N2O3S2/c1-19-9-4-2-3-8(7-9)14-13(18)15-11-10(12(16)17)5-6-20-11/h5-6,8-9H,2-4,7H2,1H3,(H,16,17)(H2,14,15,18). The van der Waals surface area contributed by atoms with Gasteiger partial charge in [0, 0.05) is 11.3 Å². The summed E-state index contributed by atoms with van der Waals surface area (Å²) >= 11 is 3.06. The Bertz CT molecular complexity index is 490. The third-order valence-corrected chi connectivity index (χ3v) is 5.34. The van der Waals surface area contributed by atoms with E-state index in [1.165, 1.54) is 23.8 Å². The number of hydrogen-bond acceptors (Lipinski definition) is 4. The van der Waals surface area contributed by atoms with Gasteiger partial charge in [0.15, 0.2) is 0 Å². The molecule has 2 rings (SSSR count). The summed E-state index contributed by atoms with van der Waals surface area (Å²) < 4.78 is 0. The van der Waals surface area contributed by atoms with Crippen LogP contribution in [0.25, 0.3) is 0 Å². The van der Waals surface area contributed by atoms with E-state index in [0.29, 0.717) is 10.3 Å². The van der Waals surface area contributed by atoms with Crippen LogP contribution in [0.4, 0.5) is 9.80 Å². The number of rotatable bonds is 4. The van der Waals surface area contributed by atoms with Gasteiger partial charge in [-0.3, -0.25) is 5.32 Å². The van der Waals surface area contributed by atoms with Gasteiger partial charge < -0.3 is 10.4 Å². The molecule has 1 heterocycles. The third-order valence-electron chi connectivity index (χ3n) is 3.42. The minimum absolute atomic E-state index is 0.135. The molecule has 2 amide bonds. The van der Waals surface area contributed by atoms with Crippen LogP contribution in [0.1, 0.15) is 36.0 Å². The van der Waals surface area contributed by atoms with Crippen molar-refractivity contribution >= 4 is 40.1 Å². The van der Waals surface area contributed by atoms with Crippen molar-refractivity contribution in [3.8, 4) is 0 Å². The molecule has 0 aromatic carbocycles. The number of thioether (sulfide) groups is 1. The normalized spacial score (nSPS) is 22.2. The second kappa shape index (κ2) is 6.99. The average molecular weight is 314 g/mol. The fourth-order valence-electron chi connectivity index (χ4n) is 2.39. The highest BCUT2D eigenvalue weighted by atomic mass is 32.2. The number of anilines is 1. The molecule has 1 aliphatic carbocycles. The molecule has 3 N–H and O–H groups in total. The molecule has 0 saturated heterocycles. The second-order valence-corrected chi connectivity index (χ2v) is 6.84. The Morgan fingerprint density at radius 1 is 1.45 bits per heavy atom. The van der Waals surface area contributed by atoms with Crippen molar-refractivity contribution in [2.75, 3.05) is 11.6 Å². The molecule has 0 spiro atoms. The average Bonchev–Trinajstić information content (AvgIpc) is 2.87. The summed E-state index contributed by atoms with van der Waals surface area (Å²) in [5.74, 6) is -1.03. The Balaban J connectivity index is 1.89. The van der Waals surface area contributed by atoms with E-state index < -0.39 is 5.97 Å². The molecule has 1 aromatic rings. The monoisotopic (exact) mass is 314 g/mol. The second-order valence-electron chi connectivity index (χ2n) is 4.79. The Morgan fingerprint density at radius 2 is 2.25 bits per heavy atom. The van der Waals surface area contributed by atoms with Gasteiger partial charge in [0.1, 0.15) is 5.00 Å². The van der Waals surface area contributed by atoms with Crippen molar-refractivity contribution in [2.24, 2.45) is 0 Å². The van der Waals surface area contributed by atoms with Crippen LogP contribution in [0.2, 0.25) is 0 Å². The molecule has 2 unspecified atom stereocenters. The summed E-state index contributed by atoms with van der Waals surface area (Å²) in [7, 11) is 0. The number of aromatic carboxylic acids is 1. The van der Waals surface area contributed by atoms with Crippen LogP contribution in [0.5, 0.6) is 0 Å². The van der Waals surface area contributed by atoms with Gasteiger partial charge in [-0.15, -0.1) is 11.3 Å². The van der Waals surface area contributed by atoms with Gasteiger partial charge >= 0.3 is 12.0 Å². The topological polar surface area (TPSA) is 78.4 Å². The number of nitrogens with one attached hydrogen (secondary N) is 2. The molecule has 1 aliphatic rings. The highest BCUT2D eigenvalue weighted by Crippen LogP contribution is 2.27. The van der Waals surface area contributed by atoms with E-state index in [2.05, 4.69) is 16.9 Å². The van der Waals surface area contributed by atoms with E-state index in [0.717, 1.165) is 19.3 Å². The zero-order valence-corrected chi connectivity index (χ0v) is 12.9. The Hall–Kier alpha value is -1.21. The first kappa shape index (κ1) is 15.2. The van der Waals surface area contributed by atoms with Gasteiger partial charge in [0.25, 0.3) is 0 Å². The van der Waals surface area contributed by atoms with Crippen molar-refractivity contribution in [1.29, 1.82) is 0 Å². The Kier molecular flexibility index (Phi) is 5.31. The summed E-state index contributed by atoms with van der Waals surface area (Å²) in [6, 6.07) is 1.35. The Morgan fingerprint density at radius 3 is 2.95 bits per heavy atom. The van der Waals surface area contributed by atoms with Crippen LogP contribution in [0, 0.1) is 0 Å². The highest BCUT2D eigenvalue weighted by Gasteiger charge is 2.23. The lowest BCUT2D eigenvalue weighted by molar-refractivity contribution is 0.0698. The summed E-state index contributed by atoms with van der Waals surface area (Å²) in [5.41, 5.74) is 0.135. The summed E-state index contributed by atoms with van der Waals surface area (Å²) in [4.78, 5) is 22.9. The van der Waals surface area contributed by atoms with E-state index in [1.54, 1.807) is 5.38 Å². The van der Waals surface area contributed by atoms with Crippen LogP contribution in [-0.2, 0) is 0 Å².